The number of halogens is 4. The van der Waals surface area contributed by atoms with Crippen LogP contribution in [-0.2, 0) is 28.8 Å². The zero-order valence-corrected chi connectivity index (χ0v) is 27.6. The first-order chi connectivity index (χ1) is 23.9. The van der Waals surface area contributed by atoms with E-state index in [9.17, 15) is 73.4 Å². The summed E-state index contributed by atoms with van der Waals surface area (Å²) in [5, 5.41) is 26.0. The number of alkyl halides is 4. The molecule has 24 heteroatoms. The Hall–Kier alpha value is -5.14. The normalized spacial score (nSPS) is 16.5. The van der Waals surface area contributed by atoms with Crippen LogP contribution >= 0.6 is 0 Å². The minimum atomic E-state index is -6.16. The van der Waals surface area contributed by atoms with E-state index in [-0.39, 0.29) is 0 Å². The lowest BCUT2D eigenvalue weighted by atomic mass is 9.85. The van der Waals surface area contributed by atoms with Crippen molar-refractivity contribution < 1.29 is 92.2 Å². The minimum absolute atomic E-state index is 0.512. The van der Waals surface area contributed by atoms with Gasteiger partial charge < -0.3 is 20.4 Å². The Morgan fingerprint density at radius 3 is 1.25 bits per heavy atom. The largest absolute Gasteiger partial charge is 0.478 e. The summed E-state index contributed by atoms with van der Waals surface area (Å²) in [6, 6.07) is 3.16. The van der Waals surface area contributed by atoms with E-state index in [1.807, 2.05) is 0 Å². The van der Waals surface area contributed by atoms with E-state index in [1.54, 1.807) is 0 Å². The van der Waals surface area contributed by atoms with Crippen LogP contribution < -0.4 is 0 Å². The van der Waals surface area contributed by atoms with Gasteiger partial charge in [0, 0.05) is 11.8 Å². The molecule has 4 rings (SSSR count). The second kappa shape index (κ2) is 13.4. The number of fused-ring (bicyclic) bond motifs is 2. The van der Waals surface area contributed by atoms with Crippen LogP contribution in [-0.4, -0.2) is 107 Å². The molecule has 2 aliphatic heterocycles. The molecule has 0 spiro atoms. The third kappa shape index (κ3) is 6.43. The minimum Gasteiger partial charge on any atom is -0.478 e. The number of nitrogens with zero attached hydrogens (tertiary/aromatic N) is 2. The quantitative estimate of drug-likeness (QED) is 0.120. The molecule has 2 aliphatic rings. The van der Waals surface area contributed by atoms with Crippen LogP contribution in [0, 0.1) is 0 Å². The Kier molecular flexibility index (Phi) is 10.2. The highest BCUT2D eigenvalue weighted by molar-refractivity contribution is 7.88. The Morgan fingerprint density at radius 1 is 0.673 bits per heavy atom. The van der Waals surface area contributed by atoms with Crippen LogP contribution in [0.2, 0.25) is 0 Å². The lowest BCUT2D eigenvalue weighted by Gasteiger charge is -2.19. The van der Waals surface area contributed by atoms with Gasteiger partial charge in [0.05, 0.1) is 33.4 Å². The first kappa shape index (κ1) is 39.6. The van der Waals surface area contributed by atoms with Crippen LogP contribution in [0.4, 0.5) is 17.6 Å². The van der Waals surface area contributed by atoms with Crippen molar-refractivity contribution in [3.8, 4) is 0 Å². The fourth-order valence-electron chi connectivity index (χ4n) is 5.11. The molecule has 52 heavy (non-hydrogen) atoms. The van der Waals surface area contributed by atoms with Gasteiger partial charge in [0.2, 0.25) is 0 Å². The second-order valence-corrected chi connectivity index (χ2v) is 14.2. The number of hydroxylamine groups is 4. The fourth-order valence-corrected chi connectivity index (χ4v) is 6.30. The van der Waals surface area contributed by atoms with Crippen LogP contribution in [0.15, 0.2) is 36.4 Å². The molecular formula is C28H22F4N2O16S2. The van der Waals surface area contributed by atoms with Gasteiger partial charge in [-0.15, -0.1) is 18.7 Å². The summed E-state index contributed by atoms with van der Waals surface area (Å²) < 4.78 is 111. The number of amides is 4. The van der Waals surface area contributed by atoms with Gasteiger partial charge in [0.15, 0.2) is 0 Å². The first-order valence-corrected chi connectivity index (χ1v) is 16.8. The third-order valence-electron chi connectivity index (χ3n) is 7.62. The number of carbonyl (C=O) groups excluding carboxylic acids is 4. The molecule has 18 nitrogen and oxygen atoms in total. The van der Waals surface area contributed by atoms with Crippen molar-refractivity contribution in [2.45, 2.75) is 36.2 Å². The molecule has 0 radical (unpaired) electrons. The van der Waals surface area contributed by atoms with Crippen molar-refractivity contribution in [2.75, 3.05) is 13.2 Å². The molecule has 2 aromatic rings. The summed E-state index contributed by atoms with van der Waals surface area (Å²) in [7, 11) is -12.3. The van der Waals surface area contributed by atoms with Crippen molar-refractivity contribution in [3.05, 3.63) is 80.9 Å². The SMILES string of the molecule is CC(/C=C/C(C)c1c(C(=O)O)ccc2c1C(=O)N(OS(=O)(=O)C(F)(F)CO)C2=O)c1c(C(=O)O)ccc2c1C(=O)N(OS(=O)(=O)C(F)(F)CO)C2=O. The number of carboxylic acids is 2. The highest BCUT2D eigenvalue weighted by Gasteiger charge is 2.53. The Morgan fingerprint density at radius 2 is 0.981 bits per heavy atom. The van der Waals surface area contributed by atoms with E-state index in [1.165, 1.54) is 13.8 Å². The molecular weight excluding hydrogens is 760 g/mol. The maximum atomic E-state index is 13.8. The van der Waals surface area contributed by atoms with Crippen LogP contribution in [0.1, 0.15) is 99.0 Å². The number of hydrogen-bond donors (Lipinski definition) is 4. The Labute approximate surface area is 288 Å². The lowest BCUT2D eigenvalue weighted by Crippen LogP contribution is -2.41. The molecule has 4 N–H and O–H groups in total. The standard InChI is InChI=1S/C28H22F4N2O16S2/c1-11(17-15(25(41)42)7-5-13-19(17)23(39)33(21(13)37)49-51(45,46)27(29,30)9-35)3-4-12(2)18-16(26(43)44)8-6-14-20(18)24(40)34(22(14)38)50-52(47,48)28(31,32)10-36/h3-8,11-12,35-36H,9-10H2,1-2H3,(H,41,42)(H,43,44)/b4-3+. The summed E-state index contributed by atoms with van der Waals surface area (Å²) >= 11 is 0. The molecule has 0 saturated heterocycles. The maximum Gasteiger partial charge on any atom is 0.394 e. The second-order valence-electron chi connectivity index (χ2n) is 10.9. The molecule has 0 fully saturated rings. The summed E-state index contributed by atoms with van der Waals surface area (Å²) in [5.41, 5.74) is -5.37. The van der Waals surface area contributed by atoms with E-state index >= 15 is 0 Å². The monoisotopic (exact) mass is 782 g/mol. The molecule has 0 aliphatic carbocycles. The van der Waals surface area contributed by atoms with Crippen LogP contribution in [0.3, 0.4) is 0 Å². The van der Waals surface area contributed by atoms with Gasteiger partial charge in [-0.1, -0.05) is 26.0 Å². The summed E-state index contributed by atoms with van der Waals surface area (Å²) in [6.45, 7) is -2.17. The number of carboxylic acid groups (broad SMARTS) is 2. The van der Waals surface area contributed by atoms with Gasteiger partial charge in [0.25, 0.3) is 23.6 Å². The molecule has 2 atom stereocenters. The van der Waals surface area contributed by atoms with E-state index in [0.29, 0.717) is 0 Å². The number of allylic oxidation sites excluding steroid dienone is 2. The third-order valence-corrected chi connectivity index (χ3v) is 10.0. The molecule has 0 saturated carbocycles. The smallest absolute Gasteiger partial charge is 0.394 e. The number of carbonyl (C=O) groups is 6. The Bertz CT molecular complexity index is 2050. The molecule has 280 valence electrons. The highest BCUT2D eigenvalue weighted by Crippen LogP contribution is 2.39. The molecule has 0 bridgehead atoms. The Balaban J connectivity index is 1.78. The van der Waals surface area contributed by atoms with Crippen molar-refractivity contribution in [1.29, 1.82) is 0 Å². The zero-order chi connectivity index (χ0) is 39.5. The van der Waals surface area contributed by atoms with Gasteiger partial charge in [-0.2, -0.15) is 34.4 Å². The van der Waals surface area contributed by atoms with Crippen LogP contribution in [0.5, 0.6) is 0 Å². The summed E-state index contributed by atoms with van der Waals surface area (Å²) in [5.74, 6) is -12.7. The molecule has 2 heterocycles. The van der Waals surface area contributed by atoms with Crippen molar-refractivity contribution >= 4 is 55.8 Å². The number of aliphatic hydroxyl groups is 2. The van der Waals surface area contributed by atoms with Crippen molar-refractivity contribution in [1.82, 2.24) is 10.1 Å². The fraction of sp³-hybridized carbons (Fsp3) is 0.286. The molecule has 2 aromatic carbocycles. The van der Waals surface area contributed by atoms with Gasteiger partial charge in [-0.3, -0.25) is 19.2 Å². The van der Waals surface area contributed by atoms with E-state index in [4.69, 9.17) is 10.2 Å². The van der Waals surface area contributed by atoms with Crippen molar-refractivity contribution in [3.63, 3.8) is 0 Å². The predicted octanol–water partition coefficient (Wildman–Crippen LogP) is 1.43. The topological polar surface area (TPSA) is 277 Å². The van der Waals surface area contributed by atoms with Crippen LogP contribution in [0.25, 0.3) is 0 Å². The average Bonchev–Trinajstić information content (AvgIpc) is 3.45. The van der Waals surface area contributed by atoms with E-state index in [0.717, 1.165) is 36.4 Å². The van der Waals surface area contributed by atoms with Gasteiger partial charge in [-0.25, -0.2) is 9.59 Å². The predicted molar refractivity (Wildman–Crippen MR) is 158 cm³/mol. The highest BCUT2D eigenvalue weighted by atomic mass is 32.2. The number of aliphatic hydroxyl groups excluding tert-OH is 2. The summed E-state index contributed by atoms with van der Waals surface area (Å²) in [4.78, 5) is 76.5. The molecule has 2 unspecified atom stereocenters. The van der Waals surface area contributed by atoms with Gasteiger partial charge >= 0.3 is 42.7 Å². The summed E-state index contributed by atoms with van der Waals surface area (Å²) in [6.07, 6.45) is 2.19. The number of aromatic carboxylic acids is 2. The lowest BCUT2D eigenvalue weighted by molar-refractivity contribution is -0.0356. The average molecular weight is 783 g/mol. The number of imide groups is 2. The maximum absolute atomic E-state index is 13.8. The van der Waals surface area contributed by atoms with Gasteiger partial charge in [0.1, 0.15) is 13.2 Å². The first-order valence-electron chi connectivity index (χ1n) is 14.0. The van der Waals surface area contributed by atoms with Gasteiger partial charge in [-0.05, 0) is 35.4 Å². The van der Waals surface area contributed by atoms with E-state index < -0.39 is 146 Å². The number of hydrogen-bond acceptors (Lipinski definition) is 14. The molecule has 0 aromatic heterocycles. The van der Waals surface area contributed by atoms with Crippen molar-refractivity contribution in [2.24, 2.45) is 0 Å². The number of rotatable bonds is 14. The number of benzene rings is 2. The zero-order valence-electron chi connectivity index (χ0n) is 25.9. The molecule has 4 amide bonds. The van der Waals surface area contributed by atoms with E-state index in [2.05, 4.69) is 8.57 Å².